The molecule has 1 heterocycles. The molecule has 0 bridgehead atoms. The van der Waals surface area contributed by atoms with Crippen molar-refractivity contribution in [3.05, 3.63) is 47.0 Å². The minimum absolute atomic E-state index is 0.196. The molecule has 0 aliphatic heterocycles. The van der Waals surface area contributed by atoms with Gasteiger partial charge in [-0.3, -0.25) is 4.79 Å². The van der Waals surface area contributed by atoms with Crippen molar-refractivity contribution in [2.45, 2.75) is 20.3 Å². The van der Waals surface area contributed by atoms with Gasteiger partial charge in [0.15, 0.2) is 0 Å². The van der Waals surface area contributed by atoms with E-state index in [4.69, 9.17) is 16.3 Å². The quantitative estimate of drug-likeness (QED) is 0.918. The van der Waals surface area contributed by atoms with Crippen LogP contribution in [0.4, 0.5) is 5.69 Å². The molecule has 0 aliphatic carbocycles. The van der Waals surface area contributed by atoms with Gasteiger partial charge in [-0.25, -0.2) is 9.97 Å². The summed E-state index contributed by atoms with van der Waals surface area (Å²) in [5.41, 5.74) is 1.86. The standard InChI is InChI=1S/C15H16ClN3O2/c1-3-6-21-13-7-10(2)4-5-11(13)19-15(20)12-8-18-14(16)9-17-12/h4-5,7-9H,3,6H2,1-2H3,(H,19,20). The smallest absolute Gasteiger partial charge is 0.275 e. The summed E-state index contributed by atoms with van der Waals surface area (Å²) >= 11 is 5.65. The molecule has 0 saturated heterocycles. The average Bonchev–Trinajstić information content (AvgIpc) is 2.48. The molecule has 0 fully saturated rings. The molecule has 1 aromatic carbocycles. The van der Waals surface area contributed by atoms with Crippen LogP contribution in [0, 0.1) is 6.92 Å². The van der Waals surface area contributed by atoms with E-state index in [1.165, 1.54) is 12.4 Å². The molecule has 1 aromatic heterocycles. The summed E-state index contributed by atoms with van der Waals surface area (Å²) in [5.74, 6) is 0.288. The molecule has 0 saturated carbocycles. The van der Waals surface area contributed by atoms with Crippen LogP contribution < -0.4 is 10.1 Å². The Hall–Kier alpha value is -2.14. The van der Waals surface area contributed by atoms with Crippen LogP contribution in [0.2, 0.25) is 5.15 Å². The lowest BCUT2D eigenvalue weighted by Gasteiger charge is -2.12. The Morgan fingerprint density at radius 3 is 2.81 bits per heavy atom. The molecular formula is C15H16ClN3O2. The van der Waals surface area contributed by atoms with Crippen LogP contribution in [0.15, 0.2) is 30.6 Å². The number of amides is 1. The van der Waals surface area contributed by atoms with Gasteiger partial charge in [0, 0.05) is 0 Å². The predicted molar refractivity (Wildman–Crippen MR) is 82.0 cm³/mol. The van der Waals surface area contributed by atoms with E-state index < -0.39 is 0 Å². The number of carbonyl (C=O) groups is 1. The Morgan fingerprint density at radius 2 is 2.14 bits per heavy atom. The number of aryl methyl sites for hydroxylation is 1. The van der Waals surface area contributed by atoms with E-state index in [2.05, 4.69) is 15.3 Å². The lowest BCUT2D eigenvalue weighted by atomic mass is 10.2. The predicted octanol–water partition coefficient (Wildman–Crippen LogP) is 3.48. The monoisotopic (exact) mass is 305 g/mol. The number of benzene rings is 1. The van der Waals surface area contributed by atoms with Gasteiger partial charge in [-0.15, -0.1) is 0 Å². The van der Waals surface area contributed by atoms with Crippen LogP contribution in [0.25, 0.3) is 0 Å². The molecule has 2 rings (SSSR count). The van der Waals surface area contributed by atoms with E-state index in [1.807, 2.05) is 32.0 Å². The summed E-state index contributed by atoms with van der Waals surface area (Å²) in [6.45, 7) is 4.58. The number of aromatic nitrogens is 2. The van der Waals surface area contributed by atoms with Crippen molar-refractivity contribution in [3.8, 4) is 5.75 Å². The van der Waals surface area contributed by atoms with Gasteiger partial charge in [0.2, 0.25) is 0 Å². The highest BCUT2D eigenvalue weighted by molar-refractivity contribution is 6.29. The number of anilines is 1. The second-order valence-electron chi connectivity index (χ2n) is 4.53. The number of carbonyl (C=O) groups excluding carboxylic acids is 1. The molecular weight excluding hydrogens is 290 g/mol. The Labute approximate surface area is 128 Å². The van der Waals surface area contributed by atoms with Crippen LogP contribution in [0.1, 0.15) is 29.4 Å². The Kier molecular flexibility index (Phi) is 5.11. The molecule has 0 spiro atoms. The van der Waals surface area contributed by atoms with E-state index in [0.717, 1.165) is 12.0 Å². The molecule has 5 nitrogen and oxygen atoms in total. The number of ether oxygens (including phenoxy) is 1. The highest BCUT2D eigenvalue weighted by Gasteiger charge is 2.12. The molecule has 1 amide bonds. The van der Waals surface area contributed by atoms with E-state index in [-0.39, 0.29) is 16.8 Å². The summed E-state index contributed by atoms with van der Waals surface area (Å²) in [5, 5.41) is 3.02. The number of hydrogen-bond donors (Lipinski definition) is 1. The van der Waals surface area contributed by atoms with Gasteiger partial charge < -0.3 is 10.1 Å². The maximum Gasteiger partial charge on any atom is 0.275 e. The fraction of sp³-hybridized carbons (Fsp3) is 0.267. The zero-order valence-electron chi connectivity index (χ0n) is 11.9. The number of halogens is 1. The lowest BCUT2D eigenvalue weighted by molar-refractivity contribution is 0.102. The van der Waals surface area contributed by atoms with Crippen LogP contribution in [-0.2, 0) is 0 Å². The van der Waals surface area contributed by atoms with Crippen molar-refractivity contribution >= 4 is 23.2 Å². The third-order valence-electron chi connectivity index (χ3n) is 2.70. The molecule has 0 aliphatic rings. The van der Waals surface area contributed by atoms with E-state index in [9.17, 15) is 4.79 Å². The van der Waals surface area contributed by atoms with E-state index in [1.54, 1.807) is 0 Å². The third kappa shape index (κ3) is 4.16. The van der Waals surface area contributed by atoms with Crippen molar-refractivity contribution in [1.82, 2.24) is 9.97 Å². The normalized spacial score (nSPS) is 10.2. The summed E-state index contributed by atoms with van der Waals surface area (Å²) in [4.78, 5) is 19.9. The second kappa shape index (κ2) is 7.04. The lowest BCUT2D eigenvalue weighted by Crippen LogP contribution is -2.15. The highest BCUT2D eigenvalue weighted by atomic mass is 35.5. The van der Waals surface area contributed by atoms with Crippen molar-refractivity contribution in [2.75, 3.05) is 11.9 Å². The minimum atomic E-state index is -0.357. The number of nitrogens with one attached hydrogen (secondary N) is 1. The molecule has 21 heavy (non-hydrogen) atoms. The van der Waals surface area contributed by atoms with Gasteiger partial charge >= 0.3 is 0 Å². The minimum Gasteiger partial charge on any atom is -0.491 e. The van der Waals surface area contributed by atoms with E-state index >= 15 is 0 Å². The van der Waals surface area contributed by atoms with Crippen molar-refractivity contribution < 1.29 is 9.53 Å². The second-order valence-corrected chi connectivity index (χ2v) is 4.91. The molecule has 1 N–H and O–H groups in total. The summed E-state index contributed by atoms with van der Waals surface area (Å²) < 4.78 is 5.65. The van der Waals surface area contributed by atoms with Crippen LogP contribution >= 0.6 is 11.6 Å². The summed E-state index contributed by atoms with van der Waals surface area (Å²) in [6.07, 6.45) is 3.56. The Bertz CT molecular complexity index is 629. The summed E-state index contributed by atoms with van der Waals surface area (Å²) in [6, 6.07) is 5.60. The van der Waals surface area contributed by atoms with Gasteiger partial charge in [-0.1, -0.05) is 24.6 Å². The Balaban J connectivity index is 2.18. The van der Waals surface area contributed by atoms with Gasteiger partial charge in [-0.05, 0) is 31.0 Å². The Morgan fingerprint density at radius 1 is 1.33 bits per heavy atom. The van der Waals surface area contributed by atoms with Crippen LogP contribution in [0.5, 0.6) is 5.75 Å². The number of nitrogens with zero attached hydrogens (tertiary/aromatic N) is 2. The topological polar surface area (TPSA) is 64.1 Å². The first-order chi connectivity index (χ1) is 10.1. The SMILES string of the molecule is CCCOc1cc(C)ccc1NC(=O)c1cnc(Cl)cn1. The van der Waals surface area contributed by atoms with Gasteiger partial charge in [0.05, 0.1) is 24.7 Å². The van der Waals surface area contributed by atoms with Gasteiger partial charge in [0.25, 0.3) is 5.91 Å². The fourth-order valence-corrected chi connectivity index (χ4v) is 1.78. The molecule has 0 radical (unpaired) electrons. The first-order valence-electron chi connectivity index (χ1n) is 6.62. The van der Waals surface area contributed by atoms with Crippen LogP contribution in [0.3, 0.4) is 0 Å². The maximum atomic E-state index is 12.1. The average molecular weight is 306 g/mol. The van der Waals surface area contributed by atoms with Crippen molar-refractivity contribution in [1.29, 1.82) is 0 Å². The van der Waals surface area contributed by atoms with Gasteiger partial charge in [-0.2, -0.15) is 0 Å². The maximum absolute atomic E-state index is 12.1. The van der Waals surface area contributed by atoms with Crippen LogP contribution in [-0.4, -0.2) is 22.5 Å². The van der Waals surface area contributed by atoms with Crippen molar-refractivity contribution in [2.24, 2.45) is 0 Å². The largest absolute Gasteiger partial charge is 0.491 e. The fourth-order valence-electron chi connectivity index (χ4n) is 1.68. The van der Waals surface area contributed by atoms with Gasteiger partial charge in [0.1, 0.15) is 16.6 Å². The zero-order valence-corrected chi connectivity index (χ0v) is 12.6. The number of hydrogen-bond acceptors (Lipinski definition) is 4. The molecule has 110 valence electrons. The highest BCUT2D eigenvalue weighted by Crippen LogP contribution is 2.26. The number of rotatable bonds is 5. The van der Waals surface area contributed by atoms with Crippen molar-refractivity contribution in [3.63, 3.8) is 0 Å². The first-order valence-corrected chi connectivity index (χ1v) is 7.00. The molecule has 6 heteroatoms. The summed E-state index contributed by atoms with van der Waals surface area (Å²) in [7, 11) is 0. The zero-order chi connectivity index (χ0) is 15.2. The third-order valence-corrected chi connectivity index (χ3v) is 2.90. The first kappa shape index (κ1) is 15.3. The molecule has 0 atom stereocenters. The molecule has 2 aromatic rings. The molecule has 0 unspecified atom stereocenters. The van der Waals surface area contributed by atoms with E-state index in [0.29, 0.717) is 18.0 Å².